The van der Waals surface area contributed by atoms with Gasteiger partial charge in [0.2, 0.25) is 11.1 Å². The molecule has 2 heterocycles. The first kappa shape index (κ1) is 22.5. The van der Waals surface area contributed by atoms with Crippen LogP contribution in [0.4, 0.5) is 5.95 Å². The Hall–Kier alpha value is -2.20. The normalized spacial score (nSPS) is 15.5. The summed E-state index contributed by atoms with van der Waals surface area (Å²) >= 11 is 5.14. The number of aromatic nitrogens is 3. The maximum atomic E-state index is 12.7. The van der Waals surface area contributed by atoms with Gasteiger partial charge in [-0.25, -0.2) is 9.48 Å². The highest BCUT2D eigenvalue weighted by atomic mass is 79.9. The van der Waals surface area contributed by atoms with Crippen molar-refractivity contribution < 1.29 is 19.0 Å². The summed E-state index contributed by atoms with van der Waals surface area (Å²) in [4.78, 5) is 17.3. The van der Waals surface area contributed by atoms with Crippen LogP contribution in [0.3, 0.4) is 0 Å². The molecule has 3 rings (SSSR count). The molecule has 0 saturated carbocycles. The van der Waals surface area contributed by atoms with E-state index in [9.17, 15) is 4.79 Å². The van der Waals surface area contributed by atoms with Crippen LogP contribution in [0.2, 0.25) is 0 Å². The predicted octanol–water partition coefficient (Wildman–Crippen LogP) is 4.41. The van der Waals surface area contributed by atoms with Crippen molar-refractivity contribution in [1.29, 1.82) is 0 Å². The van der Waals surface area contributed by atoms with Crippen LogP contribution in [-0.2, 0) is 9.53 Å². The number of carbonyl (C=O) groups excluding carboxylic acids is 1. The SMILES string of the molecule is CCCSc1nc2n(n1)C(c1cc(Br)c(OC)c(OCC)c1)C(C(=O)OC)=C(C)N2. The van der Waals surface area contributed by atoms with E-state index in [1.54, 1.807) is 23.6 Å². The van der Waals surface area contributed by atoms with E-state index in [4.69, 9.17) is 14.2 Å². The minimum absolute atomic E-state index is 0.432. The second-order valence-corrected chi connectivity index (χ2v) is 8.45. The maximum absolute atomic E-state index is 12.7. The Morgan fingerprint density at radius 2 is 2.10 bits per heavy atom. The first-order valence-corrected chi connectivity index (χ1v) is 11.4. The Morgan fingerprint density at radius 3 is 2.73 bits per heavy atom. The summed E-state index contributed by atoms with van der Waals surface area (Å²) in [6.07, 6.45) is 1.01. The molecule has 1 atom stereocenters. The third-order valence-corrected chi connectivity index (χ3v) is 6.16. The molecule has 0 aliphatic carbocycles. The second-order valence-electron chi connectivity index (χ2n) is 6.54. The summed E-state index contributed by atoms with van der Waals surface area (Å²) in [5, 5.41) is 8.51. The number of esters is 1. The number of thioether (sulfide) groups is 1. The van der Waals surface area contributed by atoms with Crippen LogP contribution in [-0.4, -0.2) is 47.3 Å². The van der Waals surface area contributed by atoms with E-state index in [1.807, 2.05) is 26.0 Å². The van der Waals surface area contributed by atoms with E-state index in [2.05, 4.69) is 38.3 Å². The number of halogens is 1. The largest absolute Gasteiger partial charge is 0.492 e. The van der Waals surface area contributed by atoms with Gasteiger partial charge in [0.25, 0.3) is 0 Å². The highest BCUT2D eigenvalue weighted by Crippen LogP contribution is 2.43. The number of rotatable bonds is 8. The van der Waals surface area contributed by atoms with Gasteiger partial charge < -0.3 is 19.5 Å². The van der Waals surface area contributed by atoms with Gasteiger partial charge in [0.1, 0.15) is 6.04 Å². The maximum Gasteiger partial charge on any atom is 0.338 e. The summed E-state index contributed by atoms with van der Waals surface area (Å²) in [5.41, 5.74) is 1.93. The minimum atomic E-state index is -0.529. The van der Waals surface area contributed by atoms with Crippen LogP contribution in [0.25, 0.3) is 0 Å². The van der Waals surface area contributed by atoms with E-state index in [0.29, 0.717) is 45.0 Å². The lowest BCUT2D eigenvalue weighted by Gasteiger charge is -2.28. The van der Waals surface area contributed by atoms with Gasteiger partial charge in [-0.05, 0) is 53.9 Å². The summed E-state index contributed by atoms with van der Waals surface area (Å²) < 4.78 is 18.8. The Kier molecular flexibility index (Phi) is 7.30. The molecule has 162 valence electrons. The fraction of sp³-hybridized carbons (Fsp3) is 0.450. The molecule has 1 N–H and O–H groups in total. The van der Waals surface area contributed by atoms with Crippen molar-refractivity contribution in [1.82, 2.24) is 14.8 Å². The zero-order valence-electron chi connectivity index (χ0n) is 17.6. The monoisotopic (exact) mass is 496 g/mol. The van der Waals surface area contributed by atoms with Crippen molar-refractivity contribution in [2.45, 2.75) is 38.4 Å². The lowest BCUT2D eigenvalue weighted by Crippen LogP contribution is -2.29. The summed E-state index contributed by atoms with van der Waals surface area (Å²) in [6.45, 7) is 6.32. The van der Waals surface area contributed by atoms with Crippen LogP contribution in [0.5, 0.6) is 11.5 Å². The van der Waals surface area contributed by atoms with Gasteiger partial charge in [0, 0.05) is 11.4 Å². The Labute approximate surface area is 188 Å². The number of hydrogen-bond donors (Lipinski definition) is 1. The van der Waals surface area contributed by atoms with E-state index in [0.717, 1.165) is 17.7 Å². The van der Waals surface area contributed by atoms with Gasteiger partial charge >= 0.3 is 5.97 Å². The van der Waals surface area contributed by atoms with Crippen molar-refractivity contribution in [3.8, 4) is 11.5 Å². The van der Waals surface area contributed by atoms with Gasteiger partial charge in [0.05, 0.1) is 30.9 Å². The average molecular weight is 497 g/mol. The predicted molar refractivity (Wildman–Crippen MR) is 119 cm³/mol. The van der Waals surface area contributed by atoms with Crippen molar-refractivity contribution in [2.24, 2.45) is 0 Å². The smallest absolute Gasteiger partial charge is 0.338 e. The second kappa shape index (κ2) is 9.74. The molecule has 1 aliphatic rings. The molecular formula is C20H25BrN4O4S. The van der Waals surface area contributed by atoms with E-state index < -0.39 is 12.0 Å². The van der Waals surface area contributed by atoms with Crippen LogP contribution >= 0.6 is 27.7 Å². The first-order valence-electron chi connectivity index (χ1n) is 9.60. The molecule has 1 aromatic heterocycles. The lowest BCUT2D eigenvalue weighted by atomic mass is 9.95. The minimum Gasteiger partial charge on any atom is -0.492 e. The summed E-state index contributed by atoms with van der Waals surface area (Å²) in [6, 6.07) is 3.24. The van der Waals surface area contributed by atoms with Crippen molar-refractivity contribution in [3.63, 3.8) is 0 Å². The quantitative estimate of drug-likeness (QED) is 0.424. The zero-order chi connectivity index (χ0) is 21.8. The molecule has 1 unspecified atom stereocenters. The van der Waals surface area contributed by atoms with E-state index >= 15 is 0 Å². The number of carbonyl (C=O) groups is 1. The highest BCUT2D eigenvalue weighted by Gasteiger charge is 2.36. The van der Waals surface area contributed by atoms with Crippen LogP contribution < -0.4 is 14.8 Å². The molecule has 0 spiro atoms. The number of nitrogens with zero attached hydrogens (tertiary/aromatic N) is 3. The highest BCUT2D eigenvalue weighted by molar-refractivity contribution is 9.10. The molecule has 0 bridgehead atoms. The van der Waals surface area contributed by atoms with E-state index in [1.165, 1.54) is 7.11 Å². The topological polar surface area (TPSA) is 87.5 Å². The molecule has 0 radical (unpaired) electrons. The lowest BCUT2D eigenvalue weighted by molar-refractivity contribution is -0.136. The van der Waals surface area contributed by atoms with Crippen LogP contribution in [0, 0.1) is 0 Å². The van der Waals surface area contributed by atoms with Gasteiger partial charge in [-0.3, -0.25) is 0 Å². The van der Waals surface area contributed by atoms with Crippen molar-refractivity contribution >= 4 is 39.6 Å². The number of hydrogen-bond acceptors (Lipinski definition) is 8. The molecule has 2 aromatic rings. The van der Waals surface area contributed by atoms with Crippen LogP contribution in [0.1, 0.15) is 38.8 Å². The molecular weight excluding hydrogens is 472 g/mol. The van der Waals surface area contributed by atoms with Gasteiger partial charge in [-0.15, -0.1) is 5.10 Å². The number of fused-ring (bicyclic) bond motifs is 1. The number of benzene rings is 1. The third-order valence-electron chi connectivity index (χ3n) is 4.53. The molecule has 10 heteroatoms. The number of anilines is 1. The van der Waals surface area contributed by atoms with Gasteiger partial charge in [-0.1, -0.05) is 18.7 Å². The van der Waals surface area contributed by atoms with E-state index in [-0.39, 0.29) is 0 Å². The fourth-order valence-electron chi connectivity index (χ4n) is 3.28. The molecule has 0 amide bonds. The Bertz CT molecular complexity index is 976. The number of ether oxygens (including phenoxy) is 3. The molecule has 30 heavy (non-hydrogen) atoms. The molecule has 1 aromatic carbocycles. The Morgan fingerprint density at radius 1 is 1.33 bits per heavy atom. The number of allylic oxidation sites excluding steroid dienone is 1. The average Bonchev–Trinajstić information content (AvgIpc) is 3.12. The fourth-order valence-corrected chi connectivity index (χ4v) is 4.58. The standard InChI is InChI=1S/C20H25BrN4O4S/c1-6-8-30-20-23-19-22-11(3)15(18(26)28-5)16(25(19)24-20)12-9-13(21)17(27-4)14(10-12)29-7-2/h9-10,16H,6-8H2,1-5H3,(H,22,23,24). The number of methoxy groups -OCH3 is 2. The van der Waals surface area contributed by atoms with Gasteiger partial charge in [-0.2, -0.15) is 4.98 Å². The number of nitrogens with one attached hydrogen (secondary N) is 1. The molecule has 1 aliphatic heterocycles. The first-order chi connectivity index (χ1) is 14.4. The molecule has 0 fully saturated rings. The van der Waals surface area contributed by atoms with Crippen molar-refractivity contribution in [2.75, 3.05) is 31.9 Å². The third kappa shape index (κ3) is 4.29. The molecule has 8 nitrogen and oxygen atoms in total. The summed E-state index contributed by atoms with van der Waals surface area (Å²) in [5.74, 6) is 2.22. The van der Waals surface area contributed by atoms with Gasteiger partial charge in [0.15, 0.2) is 11.5 Å². The van der Waals surface area contributed by atoms with Crippen molar-refractivity contribution in [3.05, 3.63) is 33.4 Å². The Balaban J connectivity index is 2.19. The molecule has 0 saturated heterocycles. The van der Waals surface area contributed by atoms with Crippen LogP contribution in [0.15, 0.2) is 33.0 Å². The summed E-state index contributed by atoms with van der Waals surface area (Å²) in [7, 11) is 2.96. The zero-order valence-corrected chi connectivity index (χ0v) is 20.0.